The third-order valence-corrected chi connectivity index (χ3v) is 3.90. The molecule has 1 aromatic carbocycles. The van der Waals surface area contributed by atoms with Crippen molar-refractivity contribution in [2.75, 3.05) is 0 Å². The molecule has 6 nitrogen and oxygen atoms in total. The van der Waals surface area contributed by atoms with E-state index in [1.807, 2.05) is 51.1 Å². The standard InChI is InChI=1S/C19H25N3O3/c1-13-5-7-17(8-6-13)12-20-19(24)16(4)25-18(23)9-10-22-15(3)11-14(2)21-22/h5-8,11,16H,9-10,12H2,1-4H3,(H,20,24). The number of amides is 1. The Balaban J connectivity index is 1.74. The van der Waals surface area contributed by atoms with E-state index >= 15 is 0 Å². The van der Waals surface area contributed by atoms with Gasteiger partial charge in [0, 0.05) is 12.2 Å². The van der Waals surface area contributed by atoms with Crippen LogP contribution in [0.15, 0.2) is 30.3 Å². The summed E-state index contributed by atoms with van der Waals surface area (Å²) in [5, 5.41) is 7.07. The summed E-state index contributed by atoms with van der Waals surface area (Å²) in [6.07, 6.45) is -0.643. The first-order valence-corrected chi connectivity index (χ1v) is 8.39. The normalized spacial score (nSPS) is 11.8. The van der Waals surface area contributed by atoms with E-state index in [1.54, 1.807) is 11.6 Å². The smallest absolute Gasteiger partial charge is 0.308 e. The van der Waals surface area contributed by atoms with Crippen LogP contribution in [0.1, 0.15) is 35.9 Å². The van der Waals surface area contributed by atoms with Crippen molar-refractivity contribution in [1.82, 2.24) is 15.1 Å². The van der Waals surface area contributed by atoms with Gasteiger partial charge in [-0.05, 0) is 39.3 Å². The third-order valence-electron chi connectivity index (χ3n) is 3.90. The molecule has 25 heavy (non-hydrogen) atoms. The minimum Gasteiger partial charge on any atom is -0.452 e. The minimum atomic E-state index is -0.821. The molecule has 0 saturated carbocycles. The van der Waals surface area contributed by atoms with E-state index in [0.717, 1.165) is 17.0 Å². The predicted molar refractivity (Wildman–Crippen MR) is 94.9 cm³/mol. The number of esters is 1. The Morgan fingerprint density at radius 1 is 1.20 bits per heavy atom. The van der Waals surface area contributed by atoms with Gasteiger partial charge in [0.1, 0.15) is 0 Å². The fourth-order valence-corrected chi connectivity index (χ4v) is 2.45. The van der Waals surface area contributed by atoms with Gasteiger partial charge in [-0.3, -0.25) is 14.3 Å². The lowest BCUT2D eigenvalue weighted by Gasteiger charge is -2.14. The Morgan fingerprint density at radius 3 is 2.48 bits per heavy atom. The summed E-state index contributed by atoms with van der Waals surface area (Å²) in [5.74, 6) is -0.717. The zero-order chi connectivity index (χ0) is 18.4. The molecular weight excluding hydrogens is 318 g/mol. The fraction of sp³-hybridized carbons (Fsp3) is 0.421. The first-order chi connectivity index (χ1) is 11.8. The monoisotopic (exact) mass is 343 g/mol. The quantitative estimate of drug-likeness (QED) is 0.784. The van der Waals surface area contributed by atoms with Gasteiger partial charge in [-0.15, -0.1) is 0 Å². The van der Waals surface area contributed by atoms with Crippen LogP contribution < -0.4 is 5.32 Å². The van der Waals surface area contributed by atoms with Gasteiger partial charge in [0.2, 0.25) is 0 Å². The van der Waals surface area contributed by atoms with Crippen LogP contribution in [0, 0.1) is 20.8 Å². The van der Waals surface area contributed by atoms with Gasteiger partial charge >= 0.3 is 5.97 Å². The van der Waals surface area contributed by atoms with Crippen molar-refractivity contribution < 1.29 is 14.3 Å². The van der Waals surface area contributed by atoms with Crippen LogP contribution in [0.4, 0.5) is 0 Å². The third kappa shape index (κ3) is 5.74. The van der Waals surface area contributed by atoms with Gasteiger partial charge < -0.3 is 10.1 Å². The molecule has 2 aromatic rings. The number of aromatic nitrogens is 2. The summed E-state index contributed by atoms with van der Waals surface area (Å²) in [7, 11) is 0. The van der Waals surface area contributed by atoms with Crippen molar-refractivity contribution in [2.24, 2.45) is 0 Å². The molecule has 1 amide bonds. The summed E-state index contributed by atoms with van der Waals surface area (Å²) in [4.78, 5) is 24.0. The number of hydrogen-bond acceptors (Lipinski definition) is 4. The number of nitrogens with zero attached hydrogens (tertiary/aromatic N) is 2. The van der Waals surface area contributed by atoms with Gasteiger partial charge in [-0.2, -0.15) is 5.10 Å². The zero-order valence-corrected chi connectivity index (χ0v) is 15.2. The van der Waals surface area contributed by atoms with Gasteiger partial charge in [0.25, 0.3) is 5.91 Å². The molecule has 1 heterocycles. The van der Waals surface area contributed by atoms with Gasteiger partial charge in [-0.25, -0.2) is 0 Å². The van der Waals surface area contributed by atoms with Gasteiger partial charge in [0.15, 0.2) is 6.10 Å². The number of carbonyl (C=O) groups is 2. The summed E-state index contributed by atoms with van der Waals surface area (Å²) in [6.45, 7) is 8.28. The highest BCUT2D eigenvalue weighted by molar-refractivity contribution is 5.83. The van der Waals surface area contributed by atoms with E-state index in [0.29, 0.717) is 13.1 Å². The second kappa shape index (κ2) is 8.46. The Morgan fingerprint density at radius 2 is 1.88 bits per heavy atom. The van der Waals surface area contributed by atoms with Crippen LogP contribution >= 0.6 is 0 Å². The first kappa shape index (κ1) is 18.7. The molecule has 0 saturated heterocycles. The van der Waals surface area contributed by atoms with E-state index in [4.69, 9.17) is 4.74 Å². The van der Waals surface area contributed by atoms with Crippen LogP contribution in [0.3, 0.4) is 0 Å². The molecule has 0 radical (unpaired) electrons. The molecule has 0 aliphatic heterocycles. The Labute approximate surface area is 148 Å². The van der Waals surface area contributed by atoms with E-state index in [-0.39, 0.29) is 12.3 Å². The maximum Gasteiger partial charge on any atom is 0.308 e. The number of rotatable bonds is 7. The lowest BCUT2D eigenvalue weighted by Crippen LogP contribution is -2.35. The molecule has 0 aliphatic rings. The number of hydrogen-bond donors (Lipinski definition) is 1. The summed E-state index contributed by atoms with van der Waals surface area (Å²) in [5.41, 5.74) is 4.07. The summed E-state index contributed by atoms with van der Waals surface area (Å²) >= 11 is 0. The molecule has 1 atom stereocenters. The Hall–Kier alpha value is -2.63. The first-order valence-electron chi connectivity index (χ1n) is 8.39. The predicted octanol–water partition coefficient (Wildman–Crippen LogP) is 2.45. The molecule has 134 valence electrons. The van der Waals surface area contributed by atoms with Crippen molar-refractivity contribution in [3.63, 3.8) is 0 Å². The molecule has 1 aromatic heterocycles. The molecule has 0 fully saturated rings. The zero-order valence-electron chi connectivity index (χ0n) is 15.2. The highest BCUT2D eigenvalue weighted by atomic mass is 16.5. The van der Waals surface area contributed by atoms with E-state index in [2.05, 4.69) is 10.4 Å². The molecule has 2 rings (SSSR count). The SMILES string of the molecule is Cc1ccc(CNC(=O)C(C)OC(=O)CCn2nc(C)cc2C)cc1. The lowest BCUT2D eigenvalue weighted by molar-refractivity contribution is -0.155. The molecule has 1 unspecified atom stereocenters. The van der Waals surface area contributed by atoms with Crippen molar-refractivity contribution >= 4 is 11.9 Å². The summed E-state index contributed by atoms with van der Waals surface area (Å²) < 4.78 is 6.96. The second-order valence-electron chi connectivity index (χ2n) is 6.24. The molecule has 0 bridgehead atoms. The number of ether oxygens (including phenoxy) is 1. The van der Waals surface area contributed by atoms with Crippen LogP contribution in [0.5, 0.6) is 0 Å². The second-order valence-corrected chi connectivity index (χ2v) is 6.24. The number of benzene rings is 1. The molecule has 0 aliphatic carbocycles. The Bertz CT molecular complexity index is 735. The Kier molecular flexibility index (Phi) is 6.33. The van der Waals surface area contributed by atoms with Crippen molar-refractivity contribution in [3.05, 3.63) is 52.8 Å². The maximum atomic E-state index is 12.0. The van der Waals surface area contributed by atoms with Gasteiger partial charge in [-0.1, -0.05) is 29.8 Å². The number of carbonyl (C=O) groups excluding carboxylic acids is 2. The van der Waals surface area contributed by atoms with E-state index in [9.17, 15) is 9.59 Å². The number of nitrogens with one attached hydrogen (secondary N) is 1. The lowest BCUT2D eigenvalue weighted by atomic mass is 10.1. The van der Waals surface area contributed by atoms with E-state index < -0.39 is 12.1 Å². The highest BCUT2D eigenvalue weighted by Gasteiger charge is 2.17. The average Bonchev–Trinajstić information content (AvgIpc) is 2.89. The summed E-state index contributed by atoms with van der Waals surface area (Å²) in [6, 6.07) is 9.85. The molecule has 0 spiro atoms. The molecule has 6 heteroatoms. The van der Waals surface area contributed by atoms with Crippen molar-refractivity contribution in [2.45, 2.75) is 53.3 Å². The minimum absolute atomic E-state index is 0.178. The average molecular weight is 343 g/mol. The van der Waals surface area contributed by atoms with Crippen LogP contribution in [-0.2, 0) is 27.4 Å². The van der Waals surface area contributed by atoms with E-state index in [1.165, 1.54) is 5.56 Å². The molecule has 1 N–H and O–H groups in total. The van der Waals surface area contributed by atoms with Crippen LogP contribution in [-0.4, -0.2) is 27.8 Å². The largest absolute Gasteiger partial charge is 0.452 e. The fourth-order valence-electron chi connectivity index (χ4n) is 2.45. The molecular formula is C19H25N3O3. The van der Waals surface area contributed by atoms with Crippen molar-refractivity contribution in [3.8, 4) is 0 Å². The van der Waals surface area contributed by atoms with Crippen molar-refractivity contribution in [1.29, 1.82) is 0 Å². The van der Waals surface area contributed by atoms with Crippen LogP contribution in [0.2, 0.25) is 0 Å². The van der Waals surface area contributed by atoms with Gasteiger partial charge in [0.05, 0.1) is 18.7 Å². The topological polar surface area (TPSA) is 73.2 Å². The highest BCUT2D eigenvalue weighted by Crippen LogP contribution is 2.05. The maximum absolute atomic E-state index is 12.0. The van der Waals surface area contributed by atoms with Crippen LogP contribution in [0.25, 0.3) is 0 Å². The number of aryl methyl sites for hydroxylation is 4.